The van der Waals surface area contributed by atoms with E-state index in [4.69, 9.17) is 0 Å². The summed E-state index contributed by atoms with van der Waals surface area (Å²) in [6, 6.07) is 2.10. The third-order valence-electron chi connectivity index (χ3n) is 3.51. The number of aryl methyl sites for hydroxylation is 2. The monoisotopic (exact) mass is 253 g/mol. The highest BCUT2D eigenvalue weighted by Gasteiger charge is 2.11. The Bertz CT molecular complexity index is 345. The molecule has 104 valence electrons. The highest BCUT2D eigenvalue weighted by Crippen LogP contribution is 2.09. The second-order valence-electron chi connectivity index (χ2n) is 4.78. The highest BCUT2D eigenvalue weighted by atomic mass is 16.3. The van der Waals surface area contributed by atoms with E-state index in [-0.39, 0.29) is 6.10 Å². The predicted octanol–water partition coefficient (Wildman–Crippen LogP) is 1.62. The van der Waals surface area contributed by atoms with Crippen molar-refractivity contribution >= 4 is 0 Å². The molecule has 4 heteroatoms. The van der Waals surface area contributed by atoms with E-state index in [1.54, 1.807) is 0 Å². The number of aliphatic hydroxyl groups excluding tert-OH is 1. The molecule has 0 aliphatic heterocycles. The molecule has 0 spiro atoms. The molecule has 4 nitrogen and oxygen atoms in total. The molecule has 1 heterocycles. The Morgan fingerprint density at radius 2 is 2.00 bits per heavy atom. The van der Waals surface area contributed by atoms with Crippen LogP contribution in [0.3, 0.4) is 0 Å². The predicted molar refractivity (Wildman–Crippen MR) is 74.7 cm³/mol. The van der Waals surface area contributed by atoms with Gasteiger partial charge in [-0.1, -0.05) is 20.8 Å². The normalized spacial score (nSPS) is 13.2. The Labute approximate surface area is 111 Å². The topological polar surface area (TPSA) is 41.3 Å². The van der Waals surface area contributed by atoms with Gasteiger partial charge < -0.3 is 10.0 Å². The average Bonchev–Trinajstić information content (AvgIpc) is 2.71. The summed E-state index contributed by atoms with van der Waals surface area (Å²) in [6.45, 7) is 9.48. The number of aliphatic hydroxyl groups is 1. The van der Waals surface area contributed by atoms with Crippen molar-refractivity contribution in [2.24, 2.45) is 7.05 Å². The first-order valence-electron chi connectivity index (χ1n) is 7.02. The molecule has 1 N–H and O–H groups in total. The van der Waals surface area contributed by atoms with Gasteiger partial charge in [0.05, 0.1) is 11.8 Å². The molecule has 0 aliphatic carbocycles. The molecule has 0 fully saturated rings. The van der Waals surface area contributed by atoms with Crippen LogP contribution in [0.2, 0.25) is 0 Å². The van der Waals surface area contributed by atoms with Crippen molar-refractivity contribution in [1.82, 2.24) is 14.7 Å². The first kappa shape index (κ1) is 15.2. The van der Waals surface area contributed by atoms with Gasteiger partial charge in [0.15, 0.2) is 0 Å². The van der Waals surface area contributed by atoms with E-state index in [1.807, 2.05) is 11.7 Å². The van der Waals surface area contributed by atoms with Crippen LogP contribution in [-0.2, 0) is 19.9 Å². The van der Waals surface area contributed by atoms with Gasteiger partial charge in [0.25, 0.3) is 0 Å². The lowest BCUT2D eigenvalue weighted by Crippen LogP contribution is -2.27. The summed E-state index contributed by atoms with van der Waals surface area (Å²) in [4.78, 5) is 2.34. The van der Waals surface area contributed by atoms with Crippen molar-refractivity contribution in [3.05, 3.63) is 17.5 Å². The summed E-state index contributed by atoms with van der Waals surface area (Å²) in [7, 11) is 1.95. The van der Waals surface area contributed by atoms with Crippen LogP contribution >= 0.6 is 0 Å². The van der Waals surface area contributed by atoms with Crippen LogP contribution in [0.15, 0.2) is 6.07 Å². The van der Waals surface area contributed by atoms with Gasteiger partial charge in [0.1, 0.15) is 0 Å². The van der Waals surface area contributed by atoms with Gasteiger partial charge in [0, 0.05) is 25.7 Å². The maximum Gasteiger partial charge on any atom is 0.0624 e. The van der Waals surface area contributed by atoms with Gasteiger partial charge in [-0.15, -0.1) is 0 Å². The zero-order chi connectivity index (χ0) is 13.5. The summed E-state index contributed by atoms with van der Waals surface area (Å²) in [5.41, 5.74) is 2.22. The quantitative estimate of drug-likeness (QED) is 0.765. The van der Waals surface area contributed by atoms with E-state index in [0.29, 0.717) is 6.42 Å². The number of hydrogen-bond donors (Lipinski definition) is 1. The number of hydrogen-bond acceptors (Lipinski definition) is 3. The Morgan fingerprint density at radius 3 is 2.50 bits per heavy atom. The fourth-order valence-electron chi connectivity index (χ4n) is 2.15. The van der Waals surface area contributed by atoms with Crippen LogP contribution in [0.25, 0.3) is 0 Å². The molecule has 1 rings (SSSR count). The van der Waals surface area contributed by atoms with Crippen molar-refractivity contribution in [2.75, 3.05) is 19.6 Å². The third kappa shape index (κ3) is 4.42. The first-order chi connectivity index (χ1) is 8.60. The van der Waals surface area contributed by atoms with E-state index in [9.17, 15) is 5.11 Å². The summed E-state index contributed by atoms with van der Waals surface area (Å²) in [5, 5.41) is 14.5. The van der Waals surface area contributed by atoms with Gasteiger partial charge in [-0.05, 0) is 32.0 Å². The number of rotatable bonds is 8. The zero-order valence-electron chi connectivity index (χ0n) is 12.2. The fourth-order valence-corrected chi connectivity index (χ4v) is 2.15. The van der Waals surface area contributed by atoms with Crippen molar-refractivity contribution in [2.45, 2.75) is 46.1 Å². The minimum atomic E-state index is -0.272. The van der Waals surface area contributed by atoms with Crippen LogP contribution in [0.1, 0.15) is 38.6 Å². The second kappa shape index (κ2) is 7.54. The maximum absolute atomic E-state index is 10.1. The van der Waals surface area contributed by atoms with E-state index in [2.05, 4.69) is 36.8 Å². The minimum absolute atomic E-state index is 0.272. The van der Waals surface area contributed by atoms with Crippen molar-refractivity contribution < 1.29 is 5.11 Å². The van der Waals surface area contributed by atoms with Crippen LogP contribution < -0.4 is 0 Å². The lowest BCUT2D eigenvalue weighted by Gasteiger charge is -2.19. The largest absolute Gasteiger partial charge is 0.393 e. The number of aromatic nitrogens is 2. The molecule has 18 heavy (non-hydrogen) atoms. The molecule has 0 radical (unpaired) electrons. The number of nitrogens with zero attached hydrogens (tertiary/aromatic N) is 3. The molecular formula is C14H27N3O. The van der Waals surface area contributed by atoms with Crippen molar-refractivity contribution in [3.8, 4) is 0 Å². The second-order valence-corrected chi connectivity index (χ2v) is 4.78. The summed E-state index contributed by atoms with van der Waals surface area (Å²) >= 11 is 0. The Morgan fingerprint density at radius 1 is 1.33 bits per heavy atom. The summed E-state index contributed by atoms with van der Waals surface area (Å²) in [5.74, 6) is 0. The van der Waals surface area contributed by atoms with Crippen LogP contribution in [0.5, 0.6) is 0 Å². The van der Waals surface area contributed by atoms with Crippen LogP contribution in [-0.4, -0.2) is 45.5 Å². The van der Waals surface area contributed by atoms with Gasteiger partial charge in [-0.3, -0.25) is 4.68 Å². The lowest BCUT2D eigenvalue weighted by molar-refractivity contribution is 0.142. The first-order valence-corrected chi connectivity index (χ1v) is 7.02. The van der Waals surface area contributed by atoms with E-state index in [1.165, 1.54) is 0 Å². The standard InChI is InChI=1S/C14H27N3O/c1-5-12-10-13(16(4)15-12)11-14(18)8-9-17(6-2)7-3/h10,14,18H,5-9,11H2,1-4H3. The van der Waals surface area contributed by atoms with Gasteiger partial charge in [-0.2, -0.15) is 5.10 Å². The summed E-state index contributed by atoms with van der Waals surface area (Å²) in [6.07, 6.45) is 2.20. The van der Waals surface area contributed by atoms with Crippen LogP contribution in [0, 0.1) is 0 Å². The minimum Gasteiger partial charge on any atom is -0.393 e. The lowest BCUT2D eigenvalue weighted by atomic mass is 10.1. The van der Waals surface area contributed by atoms with E-state index in [0.717, 1.165) is 43.9 Å². The smallest absolute Gasteiger partial charge is 0.0624 e. The molecule has 1 aromatic rings. The maximum atomic E-state index is 10.1. The molecule has 1 aromatic heterocycles. The molecule has 0 saturated heterocycles. The molecule has 0 amide bonds. The molecule has 0 aliphatic rings. The van der Waals surface area contributed by atoms with E-state index >= 15 is 0 Å². The van der Waals surface area contributed by atoms with Crippen molar-refractivity contribution in [1.29, 1.82) is 0 Å². The SMILES string of the molecule is CCc1cc(CC(O)CCN(CC)CC)n(C)n1. The molecular weight excluding hydrogens is 226 g/mol. The molecule has 0 bridgehead atoms. The van der Waals surface area contributed by atoms with Gasteiger partial charge in [-0.25, -0.2) is 0 Å². The third-order valence-corrected chi connectivity index (χ3v) is 3.51. The Balaban J connectivity index is 2.43. The van der Waals surface area contributed by atoms with Crippen molar-refractivity contribution in [3.63, 3.8) is 0 Å². The summed E-state index contributed by atoms with van der Waals surface area (Å²) < 4.78 is 1.89. The highest BCUT2D eigenvalue weighted by molar-refractivity contribution is 5.11. The Hall–Kier alpha value is -0.870. The molecule has 1 atom stereocenters. The van der Waals surface area contributed by atoms with Crippen LogP contribution in [0.4, 0.5) is 0 Å². The fraction of sp³-hybridized carbons (Fsp3) is 0.786. The van der Waals surface area contributed by atoms with E-state index < -0.39 is 0 Å². The molecule has 1 unspecified atom stereocenters. The van der Waals surface area contributed by atoms with Gasteiger partial charge >= 0.3 is 0 Å². The Kier molecular flexibility index (Phi) is 6.36. The average molecular weight is 253 g/mol. The molecule has 0 aromatic carbocycles. The zero-order valence-corrected chi connectivity index (χ0v) is 12.2. The molecule has 0 saturated carbocycles. The van der Waals surface area contributed by atoms with Gasteiger partial charge in [0.2, 0.25) is 0 Å².